The Morgan fingerprint density at radius 2 is 2.14 bits per heavy atom. The van der Waals surface area contributed by atoms with Crippen molar-refractivity contribution < 1.29 is 0 Å². The van der Waals surface area contributed by atoms with Crippen molar-refractivity contribution in [1.29, 1.82) is 0 Å². The van der Waals surface area contributed by atoms with Gasteiger partial charge >= 0.3 is 0 Å². The summed E-state index contributed by atoms with van der Waals surface area (Å²) in [5.41, 5.74) is 5.46. The van der Waals surface area contributed by atoms with Crippen molar-refractivity contribution in [3.05, 3.63) is 54.0 Å². The third-order valence-electron chi connectivity index (χ3n) is 2.32. The van der Waals surface area contributed by atoms with E-state index in [1.165, 1.54) is 5.56 Å². The van der Waals surface area contributed by atoms with Crippen LogP contribution in [-0.2, 0) is 0 Å². The Hall–Kier alpha value is -2.03. The minimum atomic E-state index is 0.950. The number of amidine groups is 1. The van der Waals surface area contributed by atoms with Crippen molar-refractivity contribution in [2.75, 3.05) is 0 Å². The average Bonchev–Trinajstić information content (AvgIpc) is 2.29. The Morgan fingerprint density at radius 1 is 1.21 bits per heavy atom. The van der Waals surface area contributed by atoms with E-state index in [2.05, 4.69) is 28.6 Å². The van der Waals surface area contributed by atoms with Gasteiger partial charge in [0, 0.05) is 24.2 Å². The summed E-state index contributed by atoms with van der Waals surface area (Å²) in [5.74, 6) is 0.950. The van der Waals surface area contributed by atoms with Crippen LogP contribution in [0.25, 0.3) is 6.08 Å². The molecule has 0 spiro atoms. The predicted octanol–water partition coefficient (Wildman–Crippen LogP) is 1.71. The zero-order valence-electron chi connectivity index (χ0n) is 7.51. The van der Waals surface area contributed by atoms with Crippen molar-refractivity contribution in [3.63, 3.8) is 0 Å². The molecule has 1 aromatic carbocycles. The molecule has 0 aliphatic carbocycles. The van der Waals surface area contributed by atoms with E-state index in [0.29, 0.717) is 0 Å². The summed E-state index contributed by atoms with van der Waals surface area (Å²) >= 11 is 0. The van der Waals surface area contributed by atoms with Gasteiger partial charge in [0.15, 0.2) is 5.84 Å². The molecule has 3 heteroatoms. The van der Waals surface area contributed by atoms with Crippen molar-refractivity contribution in [1.82, 2.24) is 10.4 Å². The second-order valence-corrected chi connectivity index (χ2v) is 3.17. The molecular formula is C11H9N3. The normalized spacial score (nSPS) is 16.9. The standard InChI is InChI=1S/C11H9N3/c1-2-4-10-9(3-1)5-8-14-11(10)12-6-7-13-14/h1-8,13H. The number of fused-ring (bicyclic) bond motifs is 3. The second kappa shape index (κ2) is 2.73. The predicted molar refractivity (Wildman–Crippen MR) is 56.1 cm³/mol. The quantitative estimate of drug-likeness (QED) is 0.663. The molecule has 0 amide bonds. The highest BCUT2D eigenvalue weighted by Crippen LogP contribution is 2.19. The van der Waals surface area contributed by atoms with Gasteiger partial charge in [0.2, 0.25) is 0 Å². The first-order valence-electron chi connectivity index (χ1n) is 4.51. The maximum Gasteiger partial charge on any atom is 0.159 e. The lowest BCUT2D eigenvalue weighted by atomic mass is 10.0. The second-order valence-electron chi connectivity index (χ2n) is 3.17. The van der Waals surface area contributed by atoms with Gasteiger partial charge in [-0.2, -0.15) is 0 Å². The van der Waals surface area contributed by atoms with Crippen LogP contribution in [0.1, 0.15) is 11.1 Å². The van der Waals surface area contributed by atoms with Crippen molar-refractivity contribution >= 4 is 11.9 Å². The van der Waals surface area contributed by atoms with Crippen LogP contribution >= 0.6 is 0 Å². The highest BCUT2D eigenvalue weighted by atomic mass is 15.5. The number of aliphatic imine (C=N–C) groups is 1. The molecule has 2 aliphatic rings. The maximum atomic E-state index is 4.34. The number of hydrazine groups is 1. The highest BCUT2D eigenvalue weighted by molar-refractivity contribution is 6.04. The van der Waals surface area contributed by atoms with Crippen molar-refractivity contribution in [3.8, 4) is 0 Å². The largest absolute Gasteiger partial charge is 0.299 e. The number of benzene rings is 1. The summed E-state index contributed by atoms with van der Waals surface area (Å²) in [6.07, 6.45) is 7.62. The van der Waals surface area contributed by atoms with E-state index in [0.717, 1.165) is 11.4 Å². The van der Waals surface area contributed by atoms with E-state index in [4.69, 9.17) is 0 Å². The van der Waals surface area contributed by atoms with Gasteiger partial charge < -0.3 is 0 Å². The third kappa shape index (κ3) is 0.956. The van der Waals surface area contributed by atoms with Gasteiger partial charge in [-0.05, 0) is 11.6 Å². The lowest BCUT2D eigenvalue weighted by Gasteiger charge is -2.28. The Balaban J connectivity index is 2.22. The minimum absolute atomic E-state index is 0.950. The number of nitrogens with one attached hydrogen (secondary N) is 1. The van der Waals surface area contributed by atoms with Crippen LogP contribution in [0.5, 0.6) is 0 Å². The summed E-state index contributed by atoms with van der Waals surface area (Å²) in [6, 6.07) is 8.22. The molecule has 1 aromatic rings. The molecule has 2 heterocycles. The van der Waals surface area contributed by atoms with E-state index in [9.17, 15) is 0 Å². The Morgan fingerprint density at radius 3 is 3.14 bits per heavy atom. The van der Waals surface area contributed by atoms with Gasteiger partial charge in [-0.3, -0.25) is 5.43 Å². The third-order valence-corrected chi connectivity index (χ3v) is 2.32. The molecule has 14 heavy (non-hydrogen) atoms. The van der Waals surface area contributed by atoms with E-state index in [1.54, 1.807) is 6.20 Å². The number of hydrogen-bond donors (Lipinski definition) is 1. The first kappa shape index (κ1) is 7.38. The highest BCUT2D eigenvalue weighted by Gasteiger charge is 2.18. The number of rotatable bonds is 0. The fourth-order valence-electron chi connectivity index (χ4n) is 1.66. The molecule has 0 unspecified atom stereocenters. The summed E-state index contributed by atoms with van der Waals surface area (Å²) < 4.78 is 0. The van der Waals surface area contributed by atoms with Crippen LogP contribution in [0.15, 0.2) is 47.9 Å². The van der Waals surface area contributed by atoms with Crippen LogP contribution in [-0.4, -0.2) is 10.8 Å². The molecule has 1 N–H and O–H groups in total. The average molecular weight is 183 g/mol. The Bertz CT molecular complexity index is 457. The molecule has 68 valence electrons. The van der Waals surface area contributed by atoms with Crippen LogP contribution in [0, 0.1) is 0 Å². The van der Waals surface area contributed by atoms with Crippen molar-refractivity contribution in [2.45, 2.75) is 0 Å². The molecule has 0 saturated carbocycles. The Labute approximate surface area is 82.0 Å². The zero-order valence-corrected chi connectivity index (χ0v) is 7.51. The van der Waals surface area contributed by atoms with Crippen molar-refractivity contribution in [2.24, 2.45) is 4.99 Å². The summed E-state index contributed by atoms with van der Waals surface area (Å²) in [6.45, 7) is 0. The lowest BCUT2D eigenvalue weighted by molar-refractivity contribution is 0.473. The fourth-order valence-corrected chi connectivity index (χ4v) is 1.66. The Kier molecular flexibility index (Phi) is 1.44. The lowest BCUT2D eigenvalue weighted by Crippen LogP contribution is -2.39. The smallest absolute Gasteiger partial charge is 0.159 e. The first-order valence-corrected chi connectivity index (χ1v) is 4.51. The van der Waals surface area contributed by atoms with Gasteiger partial charge in [0.1, 0.15) is 0 Å². The fraction of sp³-hybridized carbons (Fsp3) is 0. The van der Waals surface area contributed by atoms with Gasteiger partial charge in [-0.15, -0.1) is 0 Å². The summed E-state index contributed by atoms with van der Waals surface area (Å²) in [4.78, 5) is 4.34. The van der Waals surface area contributed by atoms with Crippen LogP contribution in [0.2, 0.25) is 0 Å². The SMILES string of the molecule is C1=CNN2C=Cc3ccccc3C2=N1. The molecule has 3 nitrogen and oxygen atoms in total. The van der Waals surface area contributed by atoms with Gasteiger partial charge in [0.05, 0.1) is 0 Å². The molecule has 0 bridgehead atoms. The van der Waals surface area contributed by atoms with Gasteiger partial charge in [-0.25, -0.2) is 10.0 Å². The van der Waals surface area contributed by atoms with E-state index >= 15 is 0 Å². The zero-order chi connectivity index (χ0) is 9.38. The monoisotopic (exact) mass is 183 g/mol. The molecule has 3 rings (SSSR count). The topological polar surface area (TPSA) is 27.6 Å². The first-order chi connectivity index (χ1) is 6.95. The summed E-state index contributed by atoms with van der Waals surface area (Å²) in [5, 5.41) is 1.91. The molecule has 0 saturated heterocycles. The van der Waals surface area contributed by atoms with Gasteiger partial charge in [0.25, 0.3) is 0 Å². The van der Waals surface area contributed by atoms with Crippen LogP contribution < -0.4 is 5.43 Å². The molecule has 0 fully saturated rings. The maximum absolute atomic E-state index is 4.34. The van der Waals surface area contributed by atoms with Crippen LogP contribution in [0.3, 0.4) is 0 Å². The summed E-state index contributed by atoms with van der Waals surface area (Å²) in [7, 11) is 0. The van der Waals surface area contributed by atoms with E-state index in [-0.39, 0.29) is 0 Å². The van der Waals surface area contributed by atoms with E-state index < -0.39 is 0 Å². The van der Waals surface area contributed by atoms with E-state index in [1.807, 2.05) is 29.5 Å². The number of hydrogen-bond acceptors (Lipinski definition) is 3. The molecule has 2 aliphatic heterocycles. The minimum Gasteiger partial charge on any atom is -0.299 e. The van der Waals surface area contributed by atoms with Crippen LogP contribution in [0.4, 0.5) is 0 Å². The number of nitrogens with zero attached hydrogens (tertiary/aromatic N) is 2. The molecule has 0 aromatic heterocycles. The molecular weight excluding hydrogens is 174 g/mol. The van der Waals surface area contributed by atoms with Gasteiger partial charge in [-0.1, -0.05) is 24.3 Å². The molecule has 0 atom stereocenters. The molecule has 0 radical (unpaired) electrons.